The van der Waals surface area contributed by atoms with E-state index in [0.29, 0.717) is 29.1 Å². The number of halogens is 1. The number of aryl methyl sites for hydroxylation is 1. The summed E-state index contributed by atoms with van der Waals surface area (Å²) in [7, 11) is 1.35. The molecule has 1 N–H and O–H groups in total. The van der Waals surface area contributed by atoms with E-state index in [2.05, 4.69) is 20.9 Å². The summed E-state index contributed by atoms with van der Waals surface area (Å²) >= 11 is 7.61. The number of hydrogen-bond donors (Lipinski definition) is 1. The van der Waals surface area contributed by atoms with E-state index in [0.717, 1.165) is 37.1 Å². The van der Waals surface area contributed by atoms with Gasteiger partial charge in [0.25, 0.3) is 0 Å². The third-order valence-electron chi connectivity index (χ3n) is 4.95. The first kappa shape index (κ1) is 20.1. The van der Waals surface area contributed by atoms with Crippen molar-refractivity contribution in [3.63, 3.8) is 0 Å². The van der Waals surface area contributed by atoms with Crippen molar-refractivity contribution >= 4 is 34.7 Å². The van der Waals surface area contributed by atoms with Crippen molar-refractivity contribution in [3.05, 3.63) is 43.9 Å². The van der Waals surface area contributed by atoms with Crippen LogP contribution >= 0.6 is 22.9 Å². The van der Waals surface area contributed by atoms with E-state index >= 15 is 0 Å². The van der Waals surface area contributed by atoms with Gasteiger partial charge >= 0.3 is 5.97 Å². The van der Waals surface area contributed by atoms with Crippen LogP contribution in [0.2, 0.25) is 4.34 Å². The van der Waals surface area contributed by atoms with Gasteiger partial charge in [-0.1, -0.05) is 11.6 Å². The van der Waals surface area contributed by atoms with E-state index in [-0.39, 0.29) is 5.78 Å². The third kappa shape index (κ3) is 4.60. The summed E-state index contributed by atoms with van der Waals surface area (Å²) < 4.78 is 5.63. The Morgan fingerprint density at radius 1 is 1.19 bits per heavy atom. The lowest BCUT2D eigenvalue weighted by Crippen LogP contribution is -2.47. The summed E-state index contributed by atoms with van der Waals surface area (Å²) in [4.78, 5) is 33.5. The highest BCUT2D eigenvalue weighted by Gasteiger charge is 2.25. The highest BCUT2D eigenvalue weighted by atomic mass is 35.5. The molecular formula is C19H24ClN3O3S. The molecule has 2 aromatic heterocycles. The number of esters is 1. The Balaban J connectivity index is 1.56. The second kappa shape index (κ2) is 8.56. The first-order valence-electron chi connectivity index (χ1n) is 8.88. The Morgan fingerprint density at radius 3 is 2.44 bits per heavy atom. The number of hydrogen-bond acceptors (Lipinski definition) is 6. The van der Waals surface area contributed by atoms with Crippen LogP contribution in [0.25, 0.3) is 0 Å². The lowest BCUT2D eigenvalue weighted by atomic mass is 10.1. The number of piperazine rings is 1. The maximum atomic E-state index is 12.7. The summed E-state index contributed by atoms with van der Waals surface area (Å²) in [6.45, 7) is 8.33. The summed E-state index contributed by atoms with van der Waals surface area (Å²) in [6.07, 6.45) is 0. The highest BCUT2D eigenvalue weighted by Crippen LogP contribution is 2.23. The van der Waals surface area contributed by atoms with Crippen LogP contribution in [0, 0.1) is 13.8 Å². The molecule has 146 valence electrons. The number of ketones is 1. The van der Waals surface area contributed by atoms with E-state index in [1.807, 2.05) is 6.07 Å². The molecule has 0 unspecified atom stereocenters. The van der Waals surface area contributed by atoms with E-state index in [1.54, 1.807) is 25.2 Å². The molecule has 0 saturated carbocycles. The first-order valence-corrected chi connectivity index (χ1v) is 10.1. The van der Waals surface area contributed by atoms with E-state index < -0.39 is 5.97 Å². The topological polar surface area (TPSA) is 65.6 Å². The van der Waals surface area contributed by atoms with Gasteiger partial charge in [0.2, 0.25) is 0 Å². The number of Topliss-reactive ketones (excluding diaryl/α,β-unsaturated/α-hetero) is 1. The standard InChI is InChI=1S/C19H24ClN3O3S/c1-12-17(19(25)26-3)13(2)21-18(12)15(24)11-23-8-6-22(7-9-23)10-14-4-5-16(20)27-14/h4-5,21H,6-11H2,1-3H3. The smallest absolute Gasteiger partial charge is 0.339 e. The van der Waals surface area contributed by atoms with Crippen LogP contribution < -0.4 is 0 Å². The molecule has 3 rings (SSSR count). The Kier molecular flexibility index (Phi) is 6.37. The van der Waals surface area contributed by atoms with Gasteiger partial charge in [0.05, 0.1) is 29.2 Å². The van der Waals surface area contributed by atoms with Gasteiger partial charge < -0.3 is 9.72 Å². The monoisotopic (exact) mass is 409 g/mol. The molecule has 1 aliphatic rings. The largest absolute Gasteiger partial charge is 0.465 e. The number of rotatable bonds is 6. The molecule has 2 aromatic rings. The zero-order valence-corrected chi connectivity index (χ0v) is 17.4. The van der Waals surface area contributed by atoms with Gasteiger partial charge in [0.1, 0.15) is 0 Å². The van der Waals surface area contributed by atoms with Crippen LogP contribution in [0.1, 0.15) is 37.0 Å². The third-order valence-corrected chi connectivity index (χ3v) is 6.16. The number of ether oxygens (including phenoxy) is 1. The Hall–Kier alpha value is -1.67. The number of H-pyrrole nitrogens is 1. The second-order valence-corrected chi connectivity index (χ2v) is 8.60. The number of aromatic amines is 1. The van der Waals surface area contributed by atoms with Gasteiger partial charge in [-0.15, -0.1) is 11.3 Å². The molecule has 0 aromatic carbocycles. The Labute approximate surface area is 168 Å². The molecule has 1 aliphatic heterocycles. The number of nitrogens with one attached hydrogen (secondary N) is 1. The summed E-state index contributed by atoms with van der Waals surface area (Å²) in [5.41, 5.74) is 2.29. The number of nitrogens with zero attached hydrogens (tertiary/aromatic N) is 2. The summed E-state index contributed by atoms with van der Waals surface area (Å²) in [6, 6.07) is 4.00. The number of aromatic nitrogens is 1. The average Bonchev–Trinajstić information content (AvgIpc) is 3.18. The molecule has 3 heterocycles. The van der Waals surface area contributed by atoms with E-state index in [1.165, 1.54) is 12.0 Å². The molecule has 0 amide bonds. The zero-order chi connectivity index (χ0) is 19.6. The average molecular weight is 410 g/mol. The van der Waals surface area contributed by atoms with Crippen LogP contribution in [-0.4, -0.2) is 66.4 Å². The molecule has 0 bridgehead atoms. The van der Waals surface area contributed by atoms with Crippen molar-refractivity contribution in [1.82, 2.24) is 14.8 Å². The Bertz CT molecular complexity index is 837. The minimum atomic E-state index is -0.414. The van der Waals surface area contributed by atoms with Crippen molar-refractivity contribution in [2.45, 2.75) is 20.4 Å². The van der Waals surface area contributed by atoms with Crippen molar-refractivity contribution in [3.8, 4) is 0 Å². The van der Waals surface area contributed by atoms with Crippen LogP contribution in [0.5, 0.6) is 0 Å². The lowest BCUT2D eigenvalue weighted by molar-refractivity contribution is 0.0599. The maximum Gasteiger partial charge on any atom is 0.339 e. The van der Waals surface area contributed by atoms with Gasteiger partial charge in [-0.25, -0.2) is 4.79 Å². The molecule has 0 atom stereocenters. The minimum Gasteiger partial charge on any atom is -0.465 e. The SMILES string of the molecule is COC(=O)c1c(C)[nH]c(C(=O)CN2CCN(Cc3ccc(Cl)s3)CC2)c1C. The molecule has 0 spiro atoms. The molecule has 1 fully saturated rings. The van der Waals surface area contributed by atoms with Gasteiger partial charge in [0, 0.05) is 43.3 Å². The lowest BCUT2D eigenvalue weighted by Gasteiger charge is -2.34. The van der Waals surface area contributed by atoms with Crippen molar-refractivity contribution in [1.29, 1.82) is 0 Å². The molecular weight excluding hydrogens is 386 g/mol. The molecule has 0 radical (unpaired) electrons. The van der Waals surface area contributed by atoms with Gasteiger partial charge in [-0.05, 0) is 31.5 Å². The highest BCUT2D eigenvalue weighted by molar-refractivity contribution is 7.16. The fraction of sp³-hybridized carbons (Fsp3) is 0.474. The molecule has 6 nitrogen and oxygen atoms in total. The Morgan fingerprint density at radius 2 is 1.85 bits per heavy atom. The van der Waals surface area contributed by atoms with Crippen LogP contribution in [0.4, 0.5) is 0 Å². The van der Waals surface area contributed by atoms with Crippen molar-refractivity contribution in [2.75, 3.05) is 39.8 Å². The maximum absolute atomic E-state index is 12.7. The predicted molar refractivity (Wildman–Crippen MR) is 107 cm³/mol. The molecule has 27 heavy (non-hydrogen) atoms. The first-order chi connectivity index (χ1) is 12.9. The van der Waals surface area contributed by atoms with Gasteiger partial charge in [-0.2, -0.15) is 0 Å². The van der Waals surface area contributed by atoms with Crippen LogP contribution in [-0.2, 0) is 11.3 Å². The normalized spacial score (nSPS) is 15.9. The van der Waals surface area contributed by atoms with Crippen LogP contribution in [0.15, 0.2) is 12.1 Å². The fourth-order valence-corrected chi connectivity index (χ4v) is 4.61. The minimum absolute atomic E-state index is 0.00393. The number of methoxy groups -OCH3 is 1. The zero-order valence-electron chi connectivity index (χ0n) is 15.8. The van der Waals surface area contributed by atoms with Crippen molar-refractivity contribution < 1.29 is 14.3 Å². The van der Waals surface area contributed by atoms with Gasteiger partial charge in [-0.3, -0.25) is 14.6 Å². The predicted octanol–water partition coefficient (Wildman–Crippen LogP) is 3.13. The summed E-state index contributed by atoms with van der Waals surface area (Å²) in [5, 5.41) is 0. The van der Waals surface area contributed by atoms with Crippen molar-refractivity contribution in [2.24, 2.45) is 0 Å². The quantitative estimate of drug-likeness (QED) is 0.586. The van der Waals surface area contributed by atoms with Crippen LogP contribution in [0.3, 0.4) is 0 Å². The number of carbonyl (C=O) groups excluding carboxylic acids is 2. The second-order valence-electron chi connectivity index (χ2n) is 6.80. The molecule has 0 aliphatic carbocycles. The number of carbonyl (C=O) groups is 2. The molecule has 1 saturated heterocycles. The summed E-state index contributed by atoms with van der Waals surface area (Å²) in [5.74, 6) is -0.410. The number of thiophene rings is 1. The molecule has 8 heteroatoms. The van der Waals surface area contributed by atoms with Gasteiger partial charge in [0.15, 0.2) is 5.78 Å². The van der Waals surface area contributed by atoms with E-state index in [4.69, 9.17) is 16.3 Å². The van der Waals surface area contributed by atoms with E-state index in [9.17, 15) is 9.59 Å². The fourth-order valence-electron chi connectivity index (χ4n) is 3.48.